The van der Waals surface area contributed by atoms with Crippen LogP contribution in [0.15, 0.2) is 46.7 Å². The first-order chi connectivity index (χ1) is 13.5. The summed E-state index contributed by atoms with van der Waals surface area (Å²) in [4.78, 5) is 14.8. The van der Waals surface area contributed by atoms with Gasteiger partial charge in [0.1, 0.15) is 16.6 Å². The minimum Gasteiger partial charge on any atom is -0.492 e. The van der Waals surface area contributed by atoms with Crippen LogP contribution in [0.2, 0.25) is 0 Å². The first-order valence-electron chi connectivity index (χ1n) is 9.47. The molecule has 152 valence electrons. The van der Waals surface area contributed by atoms with Crippen molar-refractivity contribution in [1.29, 1.82) is 0 Å². The Kier molecular flexibility index (Phi) is 7.09. The Morgan fingerprint density at radius 3 is 2.54 bits per heavy atom. The number of amides is 1. The summed E-state index contributed by atoms with van der Waals surface area (Å²) >= 11 is 1.19. The normalized spacial score (nSPS) is 15.3. The third kappa shape index (κ3) is 5.33. The van der Waals surface area contributed by atoms with Crippen LogP contribution < -0.4 is 4.74 Å². The molecule has 8 heteroatoms. The van der Waals surface area contributed by atoms with E-state index in [4.69, 9.17) is 4.74 Å². The van der Waals surface area contributed by atoms with E-state index >= 15 is 0 Å². The number of hydrogen-bond acceptors (Lipinski definition) is 5. The predicted molar refractivity (Wildman–Crippen MR) is 110 cm³/mol. The van der Waals surface area contributed by atoms with Gasteiger partial charge in [-0.25, -0.2) is 8.42 Å². The molecule has 3 rings (SSSR count). The summed E-state index contributed by atoms with van der Waals surface area (Å²) in [5.74, 6) is 0.717. The smallest absolute Gasteiger partial charge is 0.252 e. The molecule has 0 N–H and O–H groups in total. The van der Waals surface area contributed by atoms with Crippen molar-refractivity contribution < 1.29 is 17.9 Å². The van der Waals surface area contributed by atoms with Gasteiger partial charge in [0, 0.05) is 25.0 Å². The lowest BCUT2D eigenvalue weighted by atomic mass is 10.2. The van der Waals surface area contributed by atoms with Crippen LogP contribution in [0, 0.1) is 0 Å². The van der Waals surface area contributed by atoms with Gasteiger partial charge >= 0.3 is 0 Å². The van der Waals surface area contributed by atoms with E-state index < -0.39 is 10.0 Å². The summed E-state index contributed by atoms with van der Waals surface area (Å²) in [5.41, 5.74) is 0. The average Bonchev–Trinajstić information content (AvgIpc) is 3.18. The number of carbonyl (C=O) groups excluding carboxylic acids is 1. The number of ether oxygens (including phenoxy) is 1. The molecule has 0 unspecified atom stereocenters. The van der Waals surface area contributed by atoms with E-state index in [-0.39, 0.29) is 12.3 Å². The van der Waals surface area contributed by atoms with Gasteiger partial charge in [0.2, 0.25) is 5.91 Å². The van der Waals surface area contributed by atoms with Crippen LogP contribution in [0.1, 0.15) is 24.1 Å². The first-order valence-corrected chi connectivity index (χ1v) is 11.7. The zero-order valence-corrected chi connectivity index (χ0v) is 17.7. The fraction of sp³-hybridized carbons (Fsp3) is 0.450. The van der Waals surface area contributed by atoms with Crippen LogP contribution in [0.25, 0.3) is 0 Å². The summed E-state index contributed by atoms with van der Waals surface area (Å²) in [5, 5.41) is 0. The van der Waals surface area contributed by atoms with Crippen LogP contribution in [0.4, 0.5) is 0 Å². The Hall–Kier alpha value is -1.90. The van der Waals surface area contributed by atoms with E-state index in [1.54, 1.807) is 28.4 Å². The molecule has 0 saturated carbocycles. The summed E-state index contributed by atoms with van der Waals surface area (Å²) in [6.07, 6.45) is 3.09. The molecule has 0 aliphatic carbocycles. The minimum absolute atomic E-state index is 0.0552. The Balaban J connectivity index is 1.51. The molecular weight excluding hydrogens is 396 g/mol. The maximum absolute atomic E-state index is 12.7. The van der Waals surface area contributed by atoms with Crippen molar-refractivity contribution in [3.63, 3.8) is 0 Å². The molecule has 0 radical (unpaired) electrons. The second-order valence-electron chi connectivity index (χ2n) is 6.84. The zero-order chi connectivity index (χ0) is 20.0. The van der Waals surface area contributed by atoms with E-state index in [1.807, 2.05) is 30.3 Å². The molecule has 0 spiro atoms. The lowest BCUT2D eigenvalue weighted by molar-refractivity contribution is -0.129. The zero-order valence-electron chi connectivity index (χ0n) is 16.0. The van der Waals surface area contributed by atoms with E-state index in [0.29, 0.717) is 30.5 Å². The molecule has 1 saturated heterocycles. The Morgan fingerprint density at radius 2 is 1.82 bits per heavy atom. The number of benzene rings is 1. The van der Waals surface area contributed by atoms with Gasteiger partial charge in [-0.3, -0.25) is 4.79 Å². The summed E-state index contributed by atoms with van der Waals surface area (Å²) in [7, 11) is -1.70. The second kappa shape index (κ2) is 9.54. The summed E-state index contributed by atoms with van der Waals surface area (Å²) in [6.45, 7) is 2.04. The topological polar surface area (TPSA) is 66.9 Å². The maximum Gasteiger partial charge on any atom is 0.252 e. The van der Waals surface area contributed by atoms with Crippen LogP contribution in [0.5, 0.6) is 5.75 Å². The van der Waals surface area contributed by atoms with Gasteiger partial charge in [0.15, 0.2) is 0 Å². The van der Waals surface area contributed by atoms with E-state index in [2.05, 4.69) is 0 Å². The Morgan fingerprint density at radius 1 is 1.11 bits per heavy atom. The number of para-hydroxylation sites is 1. The molecule has 0 bridgehead atoms. The van der Waals surface area contributed by atoms with Gasteiger partial charge in [-0.1, -0.05) is 24.6 Å². The monoisotopic (exact) mass is 422 g/mol. The standard InChI is InChI=1S/C20H26N2O4S2/c1-21(14-15-26-17-8-4-2-5-9-17)19(23)16-18-10-11-20(27-18)28(24,25)22-12-6-3-7-13-22/h2,4-5,8-11H,3,6-7,12-16H2,1H3. The van der Waals surface area contributed by atoms with Crippen molar-refractivity contribution in [3.8, 4) is 5.75 Å². The second-order valence-corrected chi connectivity index (χ2v) is 10.2. The molecule has 28 heavy (non-hydrogen) atoms. The van der Waals surface area contributed by atoms with Crippen molar-refractivity contribution in [2.45, 2.75) is 29.9 Å². The van der Waals surface area contributed by atoms with Crippen molar-refractivity contribution in [2.75, 3.05) is 33.3 Å². The van der Waals surface area contributed by atoms with Gasteiger partial charge in [0.25, 0.3) is 10.0 Å². The van der Waals surface area contributed by atoms with Crippen molar-refractivity contribution in [3.05, 3.63) is 47.3 Å². The van der Waals surface area contributed by atoms with Crippen LogP contribution in [-0.4, -0.2) is 56.8 Å². The van der Waals surface area contributed by atoms with E-state index in [1.165, 1.54) is 11.3 Å². The van der Waals surface area contributed by atoms with Gasteiger partial charge in [-0.2, -0.15) is 4.31 Å². The number of sulfonamides is 1. The molecule has 1 amide bonds. The Labute approximate surface area is 170 Å². The van der Waals surface area contributed by atoms with Crippen molar-refractivity contribution in [2.24, 2.45) is 0 Å². The number of rotatable bonds is 8. The molecular formula is C20H26N2O4S2. The molecule has 2 aromatic rings. The quantitative estimate of drug-likeness (QED) is 0.656. The molecule has 1 aliphatic rings. The molecule has 2 heterocycles. The molecule has 1 aliphatic heterocycles. The first kappa shape index (κ1) is 20.8. The van der Waals surface area contributed by atoms with Crippen LogP contribution >= 0.6 is 11.3 Å². The van der Waals surface area contributed by atoms with Gasteiger partial charge in [0.05, 0.1) is 13.0 Å². The van der Waals surface area contributed by atoms with E-state index in [9.17, 15) is 13.2 Å². The molecule has 1 fully saturated rings. The summed E-state index contributed by atoms with van der Waals surface area (Å²) in [6, 6.07) is 12.8. The largest absolute Gasteiger partial charge is 0.492 e. The SMILES string of the molecule is CN(CCOc1ccccc1)C(=O)Cc1ccc(S(=O)(=O)N2CCCCC2)s1. The number of likely N-dealkylation sites (N-methyl/N-ethyl adjacent to an activating group) is 1. The molecule has 1 aromatic carbocycles. The highest BCUT2D eigenvalue weighted by Crippen LogP contribution is 2.27. The third-order valence-corrected chi connectivity index (χ3v) is 8.19. The highest BCUT2D eigenvalue weighted by molar-refractivity contribution is 7.91. The highest BCUT2D eigenvalue weighted by atomic mass is 32.2. The molecule has 1 aromatic heterocycles. The number of nitrogens with zero attached hydrogens (tertiary/aromatic N) is 2. The van der Waals surface area contributed by atoms with Gasteiger partial charge < -0.3 is 9.64 Å². The third-order valence-electron chi connectivity index (χ3n) is 4.74. The van der Waals surface area contributed by atoms with Gasteiger partial charge in [-0.05, 0) is 37.1 Å². The molecule has 6 nitrogen and oxygen atoms in total. The van der Waals surface area contributed by atoms with Crippen LogP contribution in [-0.2, 0) is 21.2 Å². The number of hydrogen-bond donors (Lipinski definition) is 0. The molecule has 0 atom stereocenters. The highest BCUT2D eigenvalue weighted by Gasteiger charge is 2.27. The fourth-order valence-electron chi connectivity index (χ4n) is 3.05. The average molecular weight is 423 g/mol. The summed E-state index contributed by atoms with van der Waals surface area (Å²) < 4.78 is 32.9. The van der Waals surface area contributed by atoms with E-state index in [0.717, 1.165) is 29.9 Å². The predicted octanol–water partition coefficient (Wildman–Crippen LogP) is 3.00. The number of carbonyl (C=O) groups is 1. The van der Waals surface area contributed by atoms with Crippen LogP contribution in [0.3, 0.4) is 0 Å². The van der Waals surface area contributed by atoms with Gasteiger partial charge in [-0.15, -0.1) is 11.3 Å². The number of thiophene rings is 1. The van der Waals surface area contributed by atoms with Crippen molar-refractivity contribution in [1.82, 2.24) is 9.21 Å². The maximum atomic E-state index is 12.7. The van der Waals surface area contributed by atoms with Crippen molar-refractivity contribution >= 4 is 27.3 Å². The Bertz CT molecular complexity index is 875. The number of piperidine rings is 1. The minimum atomic E-state index is -3.44. The lowest BCUT2D eigenvalue weighted by Crippen LogP contribution is -2.35. The lowest BCUT2D eigenvalue weighted by Gasteiger charge is -2.25. The fourth-order valence-corrected chi connectivity index (χ4v) is 6.07.